The van der Waals surface area contributed by atoms with Crippen molar-refractivity contribution in [3.63, 3.8) is 0 Å². The predicted octanol–water partition coefficient (Wildman–Crippen LogP) is -2.13. The van der Waals surface area contributed by atoms with Gasteiger partial charge < -0.3 is 15.3 Å². The molecule has 0 aromatic heterocycles. The van der Waals surface area contributed by atoms with Crippen LogP contribution in [0, 0.1) is 0 Å². The molecule has 5 nitrogen and oxygen atoms in total. The predicted molar refractivity (Wildman–Crippen MR) is 35.6 cm³/mol. The molecule has 0 amide bonds. The summed E-state index contributed by atoms with van der Waals surface area (Å²) in [4.78, 5) is 21.2. The zero-order chi connectivity index (χ0) is 8.59. The van der Waals surface area contributed by atoms with Gasteiger partial charge in [0, 0.05) is 0 Å². The van der Waals surface area contributed by atoms with Crippen LogP contribution in [0.5, 0.6) is 0 Å². The standard InChI is InChI=1S/C5H6O5S/c6-1-2(7)4(9)11-5(10)3(1)8/h1-3,6-8H/t1?,2-,3+. The van der Waals surface area contributed by atoms with Crippen LogP contribution in [0.3, 0.4) is 0 Å². The number of rotatable bonds is 0. The van der Waals surface area contributed by atoms with Crippen molar-refractivity contribution >= 4 is 22.0 Å². The Balaban J connectivity index is 2.78. The fraction of sp³-hybridized carbons (Fsp3) is 0.600. The van der Waals surface area contributed by atoms with Crippen molar-refractivity contribution < 1.29 is 24.9 Å². The maximum Gasteiger partial charge on any atom is 0.227 e. The highest BCUT2D eigenvalue weighted by atomic mass is 32.2. The van der Waals surface area contributed by atoms with Gasteiger partial charge in [0.2, 0.25) is 10.2 Å². The van der Waals surface area contributed by atoms with Crippen LogP contribution in [-0.4, -0.2) is 43.9 Å². The number of aliphatic hydroxyl groups is 3. The molecule has 0 spiro atoms. The fourth-order valence-electron chi connectivity index (χ4n) is 0.671. The largest absolute Gasteiger partial charge is 0.387 e. The van der Waals surface area contributed by atoms with E-state index in [9.17, 15) is 9.59 Å². The lowest BCUT2D eigenvalue weighted by Gasteiger charge is -2.24. The average molecular weight is 178 g/mol. The van der Waals surface area contributed by atoms with Gasteiger partial charge in [0.15, 0.2) is 12.2 Å². The lowest BCUT2D eigenvalue weighted by atomic mass is 10.1. The van der Waals surface area contributed by atoms with Crippen LogP contribution in [0.2, 0.25) is 0 Å². The second-order valence-corrected chi connectivity index (χ2v) is 3.13. The van der Waals surface area contributed by atoms with E-state index in [2.05, 4.69) is 0 Å². The van der Waals surface area contributed by atoms with Gasteiger partial charge in [0.25, 0.3) is 0 Å². The fourth-order valence-corrected chi connectivity index (χ4v) is 1.39. The summed E-state index contributed by atoms with van der Waals surface area (Å²) in [6.45, 7) is 0. The highest BCUT2D eigenvalue weighted by molar-refractivity contribution is 8.26. The number of carbonyl (C=O) groups excluding carboxylic acids is 2. The molecule has 11 heavy (non-hydrogen) atoms. The van der Waals surface area contributed by atoms with E-state index in [4.69, 9.17) is 15.3 Å². The summed E-state index contributed by atoms with van der Waals surface area (Å²) in [6.07, 6.45) is -5.00. The summed E-state index contributed by atoms with van der Waals surface area (Å²) < 4.78 is 0. The maximum atomic E-state index is 10.6. The summed E-state index contributed by atoms with van der Waals surface area (Å²) in [5.41, 5.74) is 0. The number of carbonyl (C=O) groups is 2. The van der Waals surface area contributed by atoms with Gasteiger partial charge in [-0.25, -0.2) is 0 Å². The molecule has 1 aliphatic rings. The van der Waals surface area contributed by atoms with Crippen LogP contribution >= 0.6 is 11.8 Å². The summed E-state index contributed by atoms with van der Waals surface area (Å²) in [5, 5.41) is 24.8. The Labute approximate surface area is 66.0 Å². The van der Waals surface area contributed by atoms with E-state index in [1.54, 1.807) is 0 Å². The van der Waals surface area contributed by atoms with E-state index < -0.39 is 28.5 Å². The van der Waals surface area contributed by atoms with E-state index in [1.807, 2.05) is 0 Å². The zero-order valence-corrected chi connectivity index (χ0v) is 6.11. The minimum absolute atomic E-state index is 0.223. The van der Waals surface area contributed by atoms with E-state index in [1.165, 1.54) is 0 Å². The highest BCUT2D eigenvalue weighted by Gasteiger charge is 2.41. The van der Waals surface area contributed by atoms with E-state index in [-0.39, 0.29) is 11.8 Å². The Bertz CT molecular complexity index is 183. The van der Waals surface area contributed by atoms with E-state index in [0.717, 1.165) is 0 Å². The first-order valence-electron chi connectivity index (χ1n) is 2.84. The topological polar surface area (TPSA) is 94.8 Å². The van der Waals surface area contributed by atoms with Gasteiger partial charge in [-0.05, 0) is 11.8 Å². The van der Waals surface area contributed by atoms with Crippen LogP contribution < -0.4 is 0 Å². The van der Waals surface area contributed by atoms with E-state index >= 15 is 0 Å². The summed E-state index contributed by atoms with van der Waals surface area (Å²) in [7, 11) is 0. The van der Waals surface area contributed by atoms with Crippen molar-refractivity contribution in [2.75, 3.05) is 0 Å². The maximum absolute atomic E-state index is 10.6. The van der Waals surface area contributed by atoms with E-state index in [0.29, 0.717) is 0 Å². The highest BCUT2D eigenvalue weighted by Crippen LogP contribution is 2.21. The van der Waals surface area contributed by atoms with Crippen molar-refractivity contribution in [3.05, 3.63) is 0 Å². The molecular formula is C5H6O5S. The third-order valence-electron chi connectivity index (χ3n) is 1.33. The number of aliphatic hydroxyl groups excluding tert-OH is 3. The van der Waals surface area contributed by atoms with Crippen LogP contribution in [-0.2, 0) is 9.59 Å². The molecule has 1 unspecified atom stereocenters. The Hall–Kier alpha value is -0.430. The van der Waals surface area contributed by atoms with Crippen molar-refractivity contribution in [1.82, 2.24) is 0 Å². The molecule has 6 heteroatoms. The zero-order valence-electron chi connectivity index (χ0n) is 5.30. The van der Waals surface area contributed by atoms with Crippen LogP contribution in [0.1, 0.15) is 0 Å². The second-order valence-electron chi connectivity index (χ2n) is 2.12. The van der Waals surface area contributed by atoms with Crippen molar-refractivity contribution in [2.24, 2.45) is 0 Å². The molecule has 0 radical (unpaired) electrons. The quantitative estimate of drug-likeness (QED) is 0.392. The first kappa shape index (κ1) is 8.66. The summed E-state index contributed by atoms with van der Waals surface area (Å²) in [5.74, 6) is 0. The molecule has 0 bridgehead atoms. The second kappa shape index (κ2) is 2.90. The average Bonchev–Trinajstić information content (AvgIpc) is 1.97. The third-order valence-corrected chi connectivity index (χ3v) is 2.22. The number of hydrogen-bond donors (Lipinski definition) is 3. The van der Waals surface area contributed by atoms with Crippen molar-refractivity contribution in [2.45, 2.75) is 18.3 Å². The smallest absolute Gasteiger partial charge is 0.227 e. The molecule has 3 atom stereocenters. The SMILES string of the molecule is O=C1SC(=O)[C@H](O)C(O)[C@@H]1O. The Morgan fingerprint density at radius 1 is 1.00 bits per heavy atom. The van der Waals surface area contributed by atoms with Gasteiger partial charge >= 0.3 is 0 Å². The van der Waals surface area contributed by atoms with Crippen LogP contribution in [0.25, 0.3) is 0 Å². The monoisotopic (exact) mass is 178 g/mol. The molecule has 0 saturated carbocycles. The Morgan fingerprint density at radius 3 is 1.73 bits per heavy atom. The van der Waals surface area contributed by atoms with Gasteiger partial charge in [-0.2, -0.15) is 0 Å². The van der Waals surface area contributed by atoms with Gasteiger partial charge in [-0.1, -0.05) is 0 Å². The number of thioether (sulfide) groups is 1. The lowest BCUT2D eigenvalue weighted by molar-refractivity contribution is -0.140. The third kappa shape index (κ3) is 1.43. The Morgan fingerprint density at radius 2 is 1.36 bits per heavy atom. The molecule has 1 saturated heterocycles. The molecule has 1 aliphatic heterocycles. The molecular weight excluding hydrogens is 172 g/mol. The molecule has 1 heterocycles. The van der Waals surface area contributed by atoms with Gasteiger partial charge in [-0.15, -0.1) is 0 Å². The van der Waals surface area contributed by atoms with Crippen LogP contribution in [0.4, 0.5) is 0 Å². The van der Waals surface area contributed by atoms with Crippen molar-refractivity contribution in [1.29, 1.82) is 0 Å². The first-order chi connectivity index (χ1) is 5.04. The molecule has 1 rings (SSSR count). The van der Waals surface area contributed by atoms with Gasteiger partial charge in [0.05, 0.1) is 0 Å². The normalized spacial score (nSPS) is 39.4. The molecule has 0 aromatic rings. The minimum Gasteiger partial charge on any atom is -0.387 e. The molecule has 62 valence electrons. The van der Waals surface area contributed by atoms with Gasteiger partial charge in [-0.3, -0.25) is 9.59 Å². The molecule has 0 aromatic carbocycles. The Kier molecular flexibility index (Phi) is 2.28. The van der Waals surface area contributed by atoms with Crippen molar-refractivity contribution in [3.8, 4) is 0 Å². The number of hydrogen-bond acceptors (Lipinski definition) is 6. The molecule has 1 fully saturated rings. The summed E-state index contributed by atoms with van der Waals surface area (Å²) in [6, 6.07) is 0. The van der Waals surface area contributed by atoms with Crippen LogP contribution in [0.15, 0.2) is 0 Å². The summed E-state index contributed by atoms with van der Waals surface area (Å²) >= 11 is 0.223. The lowest BCUT2D eigenvalue weighted by Crippen LogP contribution is -2.49. The van der Waals surface area contributed by atoms with Gasteiger partial charge in [0.1, 0.15) is 6.10 Å². The minimum atomic E-state index is -1.68. The molecule has 0 aliphatic carbocycles. The first-order valence-corrected chi connectivity index (χ1v) is 3.65. The molecule has 3 N–H and O–H groups in total.